The quantitative estimate of drug-likeness (QED) is 0.170. The predicted molar refractivity (Wildman–Crippen MR) is 137 cm³/mol. The van der Waals surface area contributed by atoms with Gasteiger partial charge in [-0.25, -0.2) is 15.2 Å². The minimum atomic E-state index is -0.976. The number of nitrogens with one attached hydrogen (secondary N) is 2. The van der Waals surface area contributed by atoms with E-state index in [1.807, 2.05) is 25.1 Å². The molecule has 0 saturated carbocycles. The molecule has 35 heavy (non-hydrogen) atoms. The minimum Gasteiger partial charge on any atom is -0.462 e. The number of hydrogen-bond acceptors (Lipinski definition) is 7. The number of carbonyl (C=O) groups excluding carboxylic acids is 3. The number of benzene rings is 1. The van der Waals surface area contributed by atoms with Gasteiger partial charge in [0.1, 0.15) is 10.2 Å². The number of esters is 1. The Morgan fingerprint density at radius 3 is 2.86 bits per heavy atom. The maximum Gasteiger partial charge on any atom is 0.341 e. The van der Waals surface area contributed by atoms with Crippen LogP contribution in [0.2, 0.25) is 5.15 Å². The maximum absolute atomic E-state index is 12.6. The molecule has 4 rings (SSSR count). The number of carbonyl (C=O) groups is 3. The number of aromatic nitrogens is 1. The molecule has 0 bridgehead atoms. The van der Waals surface area contributed by atoms with E-state index in [1.165, 1.54) is 17.6 Å². The number of pyridine rings is 1. The number of halogens is 1. The highest BCUT2D eigenvalue weighted by atomic mass is 35.5. The summed E-state index contributed by atoms with van der Waals surface area (Å²) in [6, 6.07) is 7.59. The van der Waals surface area contributed by atoms with Gasteiger partial charge in [-0.2, -0.15) is 5.10 Å². The summed E-state index contributed by atoms with van der Waals surface area (Å²) in [5.74, 6) is -1.92. The number of ether oxygens (including phenoxy) is 1. The van der Waals surface area contributed by atoms with Crippen molar-refractivity contribution in [2.24, 2.45) is 11.0 Å². The summed E-state index contributed by atoms with van der Waals surface area (Å²) in [5.41, 5.74) is 5.74. The van der Waals surface area contributed by atoms with Crippen molar-refractivity contribution in [3.63, 3.8) is 0 Å². The van der Waals surface area contributed by atoms with Crippen molar-refractivity contribution >= 4 is 62.8 Å². The molecule has 0 fully saturated rings. The molecule has 1 aliphatic rings. The first kappa shape index (κ1) is 24.8. The zero-order valence-electron chi connectivity index (χ0n) is 19.6. The van der Waals surface area contributed by atoms with Crippen LogP contribution in [0.3, 0.4) is 0 Å². The molecule has 1 atom stereocenters. The second-order valence-corrected chi connectivity index (χ2v) is 9.96. The Kier molecular flexibility index (Phi) is 7.47. The van der Waals surface area contributed by atoms with E-state index in [4.69, 9.17) is 16.3 Å². The standard InChI is InChI=1S/C25H25ClN4O4S/c1-4-34-25(33)20-17-8-6-14(3)10-19(17)35-24(20)29-22(31)23(32)30-27-12-16-11-15-7-5-13(2)9-18(15)28-21(16)26/h5,7,9,11-12,14H,4,6,8,10H2,1-3H3,(H,29,31)(H,30,32)/b27-12-/t14-/m0/s1. The molecular formula is C25H25ClN4O4S. The number of amides is 2. The topological polar surface area (TPSA) is 110 Å². The van der Waals surface area contributed by atoms with Gasteiger partial charge in [0.15, 0.2) is 0 Å². The molecule has 182 valence electrons. The van der Waals surface area contributed by atoms with Crippen LogP contribution in [0.1, 0.15) is 52.2 Å². The van der Waals surface area contributed by atoms with Crippen LogP contribution >= 0.6 is 22.9 Å². The van der Waals surface area contributed by atoms with E-state index in [2.05, 4.69) is 27.8 Å². The number of rotatable bonds is 5. The Hall–Kier alpha value is -3.30. The Labute approximate surface area is 211 Å². The lowest BCUT2D eigenvalue weighted by Gasteiger charge is -2.18. The van der Waals surface area contributed by atoms with Gasteiger partial charge in [0.2, 0.25) is 0 Å². The second-order valence-electron chi connectivity index (χ2n) is 8.49. The molecule has 2 amide bonds. The first-order valence-corrected chi connectivity index (χ1v) is 12.5. The van der Waals surface area contributed by atoms with E-state index in [0.717, 1.165) is 46.2 Å². The normalized spacial score (nSPS) is 15.1. The Morgan fingerprint density at radius 1 is 1.29 bits per heavy atom. The fourth-order valence-corrected chi connectivity index (χ4v) is 5.58. The van der Waals surface area contributed by atoms with E-state index in [0.29, 0.717) is 22.0 Å². The predicted octanol–water partition coefficient (Wildman–Crippen LogP) is 4.65. The summed E-state index contributed by atoms with van der Waals surface area (Å²) < 4.78 is 5.20. The third-order valence-electron chi connectivity index (χ3n) is 5.75. The number of aryl methyl sites for hydroxylation is 1. The Morgan fingerprint density at radius 2 is 2.09 bits per heavy atom. The van der Waals surface area contributed by atoms with Crippen LogP contribution in [0.25, 0.3) is 10.9 Å². The maximum atomic E-state index is 12.6. The molecule has 10 heteroatoms. The molecule has 1 aromatic carbocycles. The highest BCUT2D eigenvalue weighted by Gasteiger charge is 2.30. The number of thiophene rings is 1. The summed E-state index contributed by atoms with van der Waals surface area (Å²) in [5, 5.41) is 7.84. The molecule has 2 N–H and O–H groups in total. The third-order valence-corrected chi connectivity index (χ3v) is 7.22. The summed E-state index contributed by atoms with van der Waals surface area (Å²) in [6.45, 7) is 6.05. The van der Waals surface area contributed by atoms with Crippen molar-refractivity contribution in [2.45, 2.75) is 40.0 Å². The van der Waals surface area contributed by atoms with Crippen LogP contribution in [0.4, 0.5) is 5.00 Å². The molecule has 0 aliphatic heterocycles. The van der Waals surface area contributed by atoms with E-state index in [1.54, 1.807) is 13.0 Å². The van der Waals surface area contributed by atoms with Crippen LogP contribution in [-0.4, -0.2) is 35.6 Å². The summed E-state index contributed by atoms with van der Waals surface area (Å²) in [4.78, 5) is 42.9. The summed E-state index contributed by atoms with van der Waals surface area (Å²) in [7, 11) is 0. The molecule has 2 heterocycles. The molecule has 3 aromatic rings. The number of nitrogens with zero attached hydrogens (tertiary/aromatic N) is 2. The van der Waals surface area contributed by atoms with Crippen molar-refractivity contribution in [1.82, 2.24) is 10.4 Å². The van der Waals surface area contributed by atoms with Gasteiger partial charge >= 0.3 is 17.8 Å². The van der Waals surface area contributed by atoms with Crippen LogP contribution in [-0.2, 0) is 27.2 Å². The molecule has 2 aromatic heterocycles. The zero-order chi connectivity index (χ0) is 25.1. The zero-order valence-corrected chi connectivity index (χ0v) is 21.2. The lowest BCUT2D eigenvalue weighted by molar-refractivity contribution is -0.136. The van der Waals surface area contributed by atoms with Gasteiger partial charge in [-0.05, 0) is 62.3 Å². The van der Waals surface area contributed by atoms with Crippen LogP contribution in [0.5, 0.6) is 0 Å². The van der Waals surface area contributed by atoms with Crippen molar-refractivity contribution in [3.05, 3.63) is 56.5 Å². The van der Waals surface area contributed by atoms with Gasteiger partial charge in [0.25, 0.3) is 0 Å². The molecule has 0 radical (unpaired) electrons. The fourth-order valence-electron chi connectivity index (χ4n) is 3.99. The molecule has 8 nitrogen and oxygen atoms in total. The van der Waals surface area contributed by atoms with E-state index < -0.39 is 17.8 Å². The van der Waals surface area contributed by atoms with E-state index in [-0.39, 0.29) is 11.8 Å². The van der Waals surface area contributed by atoms with Gasteiger partial charge in [0, 0.05) is 15.8 Å². The monoisotopic (exact) mass is 512 g/mol. The smallest absolute Gasteiger partial charge is 0.341 e. The fraction of sp³-hybridized carbons (Fsp3) is 0.320. The van der Waals surface area contributed by atoms with Gasteiger partial charge in [0.05, 0.1) is 23.9 Å². The Bertz CT molecular complexity index is 1350. The van der Waals surface area contributed by atoms with Gasteiger partial charge in [-0.1, -0.05) is 30.7 Å². The number of anilines is 1. The van der Waals surface area contributed by atoms with Gasteiger partial charge < -0.3 is 10.1 Å². The minimum absolute atomic E-state index is 0.217. The van der Waals surface area contributed by atoms with Crippen molar-refractivity contribution in [1.29, 1.82) is 0 Å². The first-order valence-electron chi connectivity index (χ1n) is 11.3. The average molecular weight is 513 g/mol. The van der Waals surface area contributed by atoms with Crippen molar-refractivity contribution < 1.29 is 19.1 Å². The van der Waals surface area contributed by atoms with Crippen LogP contribution in [0, 0.1) is 12.8 Å². The number of hydrazone groups is 1. The van der Waals surface area contributed by atoms with Crippen LogP contribution < -0.4 is 10.7 Å². The SMILES string of the molecule is CCOC(=O)c1c(NC(=O)C(=O)N/N=C\c2cc3ccc(C)cc3nc2Cl)sc2c1CC[C@H](C)C2. The third kappa shape index (κ3) is 5.52. The molecule has 0 saturated heterocycles. The first-order chi connectivity index (χ1) is 16.8. The lowest BCUT2D eigenvalue weighted by Crippen LogP contribution is -2.32. The van der Waals surface area contributed by atoms with Crippen LogP contribution in [0.15, 0.2) is 29.4 Å². The number of fused-ring (bicyclic) bond motifs is 2. The second kappa shape index (κ2) is 10.5. The molecule has 0 unspecified atom stereocenters. The highest BCUT2D eigenvalue weighted by Crippen LogP contribution is 2.40. The molecule has 0 spiro atoms. The molecular weight excluding hydrogens is 488 g/mol. The Balaban J connectivity index is 1.47. The van der Waals surface area contributed by atoms with Gasteiger partial charge in [-0.3, -0.25) is 9.59 Å². The van der Waals surface area contributed by atoms with Gasteiger partial charge in [-0.15, -0.1) is 11.3 Å². The number of hydrogen-bond donors (Lipinski definition) is 2. The highest BCUT2D eigenvalue weighted by molar-refractivity contribution is 7.17. The van der Waals surface area contributed by atoms with Crippen molar-refractivity contribution in [3.8, 4) is 0 Å². The largest absolute Gasteiger partial charge is 0.462 e. The lowest BCUT2D eigenvalue weighted by atomic mass is 9.88. The summed E-state index contributed by atoms with van der Waals surface area (Å²) in [6.07, 6.45) is 3.83. The van der Waals surface area contributed by atoms with E-state index in [9.17, 15) is 14.4 Å². The average Bonchev–Trinajstić information content (AvgIpc) is 3.16. The van der Waals surface area contributed by atoms with E-state index >= 15 is 0 Å². The van der Waals surface area contributed by atoms with Crippen molar-refractivity contribution in [2.75, 3.05) is 11.9 Å². The summed E-state index contributed by atoms with van der Waals surface area (Å²) >= 11 is 7.55. The molecule has 1 aliphatic carbocycles.